The Labute approximate surface area is 167 Å². The topological polar surface area (TPSA) is 55.8 Å². The fourth-order valence-corrected chi connectivity index (χ4v) is 4.30. The monoisotopic (exact) mass is 400 g/mol. The molecule has 0 amide bonds. The Morgan fingerprint density at radius 2 is 2.14 bits per heavy atom. The zero-order valence-electron chi connectivity index (χ0n) is 17.1. The van der Waals surface area contributed by atoms with Crippen LogP contribution in [0.3, 0.4) is 0 Å². The van der Waals surface area contributed by atoms with E-state index in [1.165, 1.54) is 13.2 Å². The summed E-state index contributed by atoms with van der Waals surface area (Å²) in [4.78, 5) is 11.1. The van der Waals surface area contributed by atoms with Gasteiger partial charge in [-0.15, -0.1) is 0 Å². The quantitative estimate of drug-likeness (QED) is 0.438. The van der Waals surface area contributed by atoms with Crippen LogP contribution in [0.2, 0.25) is 0 Å². The minimum Gasteiger partial charge on any atom is -0.469 e. The van der Waals surface area contributed by atoms with Crippen molar-refractivity contribution < 1.29 is 28.2 Å². The third-order valence-corrected chi connectivity index (χ3v) is 5.95. The van der Waals surface area contributed by atoms with E-state index in [0.29, 0.717) is 12.8 Å². The first kappa shape index (κ1) is 23.0. The fourth-order valence-electron chi connectivity index (χ4n) is 4.30. The van der Waals surface area contributed by atoms with Gasteiger partial charge in [0.15, 0.2) is 0 Å². The number of unbranched alkanes of at least 4 members (excludes halogenated alkanes) is 1. The summed E-state index contributed by atoms with van der Waals surface area (Å²) in [6.45, 7) is 4.03. The Balaban J connectivity index is 1.93. The maximum Gasteiger partial charge on any atom is 0.305 e. The van der Waals surface area contributed by atoms with Crippen molar-refractivity contribution in [1.29, 1.82) is 0 Å². The molecule has 1 aliphatic heterocycles. The largest absolute Gasteiger partial charge is 0.469 e. The van der Waals surface area contributed by atoms with Gasteiger partial charge in [-0.25, -0.2) is 8.78 Å². The third-order valence-electron chi connectivity index (χ3n) is 5.95. The molecule has 0 bridgehead atoms. The van der Waals surface area contributed by atoms with Gasteiger partial charge in [0, 0.05) is 12.3 Å². The molecule has 4 nitrogen and oxygen atoms in total. The molecule has 0 aromatic carbocycles. The number of alkyl halides is 2. The van der Waals surface area contributed by atoms with Crippen LogP contribution in [-0.2, 0) is 14.3 Å². The number of aliphatic hydroxyl groups is 1. The molecule has 1 N–H and O–H groups in total. The second kappa shape index (κ2) is 11.1. The molecule has 160 valence electrons. The van der Waals surface area contributed by atoms with E-state index in [4.69, 9.17) is 4.74 Å². The Morgan fingerprint density at radius 1 is 1.39 bits per heavy atom. The molecule has 0 aromatic heterocycles. The summed E-state index contributed by atoms with van der Waals surface area (Å²) >= 11 is 0. The summed E-state index contributed by atoms with van der Waals surface area (Å²) in [7, 11) is 1.34. The van der Waals surface area contributed by atoms with Crippen molar-refractivity contribution in [1.82, 2.24) is 0 Å². The van der Waals surface area contributed by atoms with Gasteiger partial charge >= 0.3 is 5.97 Å². The second-order valence-electron chi connectivity index (χ2n) is 8.03. The van der Waals surface area contributed by atoms with E-state index in [1.807, 2.05) is 13.8 Å². The van der Waals surface area contributed by atoms with Crippen LogP contribution in [0, 0.1) is 17.8 Å². The number of aliphatic hydroxyl groups excluding tert-OH is 1. The van der Waals surface area contributed by atoms with Crippen LogP contribution >= 0.6 is 0 Å². The number of rotatable bonds is 10. The van der Waals surface area contributed by atoms with Gasteiger partial charge in [-0.1, -0.05) is 51.0 Å². The van der Waals surface area contributed by atoms with E-state index < -0.39 is 24.6 Å². The SMILES string of the molecule is CCCCC(F)[C@H](O)/C=C/[C@@H]1[C@H]2C(F)C(/C=C/CCC(=O)OC)O[C@H]2C[C@H]1C. The molecule has 1 saturated heterocycles. The van der Waals surface area contributed by atoms with E-state index >= 15 is 4.39 Å². The van der Waals surface area contributed by atoms with E-state index in [-0.39, 0.29) is 36.2 Å². The molecule has 1 aliphatic carbocycles. The zero-order valence-corrected chi connectivity index (χ0v) is 17.1. The smallest absolute Gasteiger partial charge is 0.305 e. The molecule has 1 saturated carbocycles. The molecule has 0 aromatic rings. The van der Waals surface area contributed by atoms with E-state index in [2.05, 4.69) is 4.74 Å². The highest BCUT2D eigenvalue weighted by Gasteiger charge is 2.53. The van der Waals surface area contributed by atoms with Crippen LogP contribution in [0.1, 0.15) is 52.4 Å². The average Bonchev–Trinajstić information content (AvgIpc) is 3.15. The van der Waals surface area contributed by atoms with Gasteiger partial charge in [0.1, 0.15) is 24.6 Å². The number of esters is 1. The maximum absolute atomic E-state index is 15.0. The van der Waals surface area contributed by atoms with Gasteiger partial charge in [-0.3, -0.25) is 4.79 Å². The van der Waals surface area contributed by atoms with Crippen molar-refractivity contribution in [3.8, 4) is 0 Å². The standard InChI is InChI=1S/C22H34F2O4/c1-4-5-8-16(23)17(25)12-11-15-14(2)13-19-21(15)22(24)18(28-19)9-6-7-10-20(26)27-3/h6,9,11-12,14-19,21-22,25H,4-5,7-8,10,13H2,1-3H3/b9-6+,12-11+/t14-,15+,16?,17-,18?,19+,21-,22?/m1/s1. The molecule has 3 unspecified atom stereocenters. The van der Waals surface area contributed by atoms with Crippen molar-refractivity contribution in [3.05, 3.63) is 24.3 Å². The Hall–Kier alpha value is -1.27. The summed E-state index contributed by atoms with van der Waals surface area (Å²) in [5, 5.41) is 10.0. The molecule has 0 radical (unpaired) electrons. The maximum atomic E-state index is 15.0. The highest BCUT2D eigenvalue weighted by Crippen LogP contribution is 2.48. The van der Waals surface area contributed by atoms with Gasteiger partial charge in [0.05, 0.1) is 13.2 Å². The van der Waals surface area contributed by atoms with Crippen LogP contribution in [0.5, 0.6) is 0 Å². The molecule has 0 spiro atoms. The molecule has 2 rings (SSSR count). The van der Waals surface area contributed by atoms with Crippen LogP contribution < -0.4 is 0 Å². The number of methoxy groups -OCH3 is 1. The van der Waals surface area contributed by atoms with Crippen LogP contribution in [0.15, 0.2) is 24.3 Å². The van der Waals surface area contributed by atoms with Crippen molar-refractivity contribution in [3.63, 3.8) is 0 Å². The first-order valence-electron chi connectivity index (χ1n) is 10.4. The van der Waals surface area contributed by atoms with Gasteiger partial charge in [0.2, 0.25) is 0 Å². The van der Waals surface area contributed by atoms with Crippen molar-refractivity contribution in [2.24, 2.45) is 17.8 Å². The van der Waals surface area contributed by atoms with E-state index in [1.54, 1.807) is 18.2 Å². The Morgan fingerprint density at radius 3 is 2.82 bits per heavy atom. The molecule has 6 heteroatoms. The summed E-state index contributed by atoms with van der Waals surface area (Å²) in [6, 6.07) is 0. The van der Waals surface area contributed by atoms with Gasteiger partial charge < -0.3 is 14.6 Å². The van der Waals surface area contributed by atoms with E-state index in [0.717, 1.165) is 19.3 Å². The normalized spacial score (nSPS) is 34.8. The number of halogens is 2. The van der Waals surface area contributed by atoms with Crippen LogP contribution in [0.25, 0.3) is 0 Å². The lowest BCUT2D eigenvalue weighted by molar-refractivity contribution is -0.140. The summed E-state index contributed by atoms with van der Waals surface area (Å²) in [6.07, 6.45) is 5.79. The lowest BCUT2D eigenvalue weighted by Crippen LogP contribution is -2.27. The fraction of sp³-hybridized carbons (Fsp3) is 0.773. The minimum atomic E-state index is -1.28. The van der Waals surface area contributed by atoms with Gasteiger partial charge in [-0.05, 0) is 31.1 Å². The molecular formula is C22H34F2O4. The number of allylic oxidation sites excluding steroid dienone is 2. The minimum absolute atomic E-state index is 0.0819. The Bertz CT molecular complexity index is 551. The summed E-state index contributed by atoms with van der Waals surface area (Å²) in [5.74, 6) is -0.452. The number of carbonyl (C=O) groups excluding carboxylic acids is 1. The van der Waals surface area contributed by atoms with Crippen molar-refractivity contribution in [2.45, 2.75) is 83.0 Å². The highest BCUT2D eigenvalue weighted by atomic mass is 19.1. The molecule has 2 aliphatic rings. The lowest BCUT2D eigenvalue weighted by Gasteiger charge is -2.21. The lowest BCUT2D eigenvalue weighted by atomic mass is 9.85. The number of carbonyl (C=O) groups is 1. The number of hydrogen-bond donors (Lipinski definition) is 1. The first-order chi connectivity index (χ1) is 13.4. The summed E-state index contributed by atoms with van der Waals surface area (Å²) in [5.41, 5.74) is 0. The summed E-state index contributed by atoms with van der Waals surface area (Å²) < 4.78 is 39.5. The number of hydrogen-bond acceptors (Lipinski definition) is 4. The predicted octanol–water partition coefficient (Wildman–Crippen LogP) is 4.32. The first-order valence-corrected chi connectivity index (χ1v) is 10.4. The molecule has 2 fully saturated rings. The number of fused-ring (bicyclic) bond motifs is 1. The molecule has 1 heterocycles. The second-order valence-corrected chi connectivity index (χ2v) is 8.03. The zero-order chi connectivity index (χ0) is 20.7. The predicted molar refractivity (Wildman–Crippen MR) is 104 cm³/mol. The molecule has 8 atom stereocenters. The molecule has 28 heavy (non-hydrogen) atoms. The average molecular weight is 401 g/mol. The van der Waals surface area contributed by atoms with Gasteiger partial charge in [0.25, 0.3) is 0 Å². The van der Waals surface area contributed by atoms with Crippen LogP contribution in [0.4, 0.5) is 8.78 Å². The molecular weight excluding hydrogens is 366 g/mol. The Kier molecular flexibility index (Phi) is 9.09. The third kappa shape index (κ3) is 5.86. The highest BCUT2D eigenvalue weighted by molar-refractivity contribution is 5.69. The van der Waals surface area contributed by atoms with Crippen LogP contribution in [-0.4, -0.2) is 48.8 Å². The number of ether oxygens (including phenoxy) is 2. The van der Waals surface area contributed by atoms with E-state index in [9.17, 15) is 14.3 Å². The van der Waals surface area contributed by atoms with Crippen molar-refractivity contribution in [2.75, 3.05) is 7.11 Å². The van der Waals surface area contributed by atoms with Crippen molar-refractivity contribution >= 4 is 5.97 Å². The van der Waals surface area contributed by atoms with Gasteiger partial charge in [-0.2, -0.15) is 0 Å².